The summed E-state index contributed by atoms with van der Waals surface area (Å²) in [4.78, 5) is 23.2. The van der Waals surface area contributed by atoms with Crippen molar-refractivity contribution in [3.63, 3.8) is 0 Å². The van der Waals surface area contributed by atoms with Gasteiger partial charge in [0.05, 0.1) is 0 Å². The highest BCUT2D eigenvalue weighted by Gasteiger charge is 2.15. The molecule has 1 heterocycles. The maximum atomic E-state index is 11.9. The molecular weight excluding hydrogens is 266 g/mol. The minimum absolute atomic E-state index is 0.00783. The Morgan fingerprint density at radius 3 is 2.76 bits per heavy atom. The van der Waals surface area contributed by atoms with E-state index in [1.165, 1.54) is 0 Å². The molecule has 0 fully saturated rings. The Morgan fingerprint density at radius 2 is 2.05 bits per heavy atom. The monoisotopic (exact) mass is 289 g/mol. The summed E-state index contributed by atoms with van der Waals surface area (Å²) in [5.74, 6) is 0.0408. The molecule has 1 aliphatic heterocycles. The first-order valence-electron chi connectivity index (χ1n) is 7.31. The van der Waals surface area contributed by atoms with Crippen LogP contribution in [0.15, 0.2) is 18.2 Å². The van der Waals surface area contributed by atoms with Gasteiger partial charge < -0.3 is 16.0 Å². The van der Waals surface area contributed by atoms with Gasteiger partial charge in [-0.1, -0.05) is 0 Å². The molecule has 2 rings (SSSR count). The van der Waals surface area contributed by atoms with Crippen LogP contribution >= 0.6 is 0 Å². The number of anilines is 2. The molecule has 21 heavy (non-hydrogen) atoms. The number of aryl methyl sites for hydroxylation is 1. The Hall–Kier alpha value is -1.88. The maximum Gasteiger partial charge on any atom is 0.225 e. The van der Waals surface area contributed by atoms with Crippen LogP contribution in [0, 0.1) is 0 Å². The summed E-state index contributed by atoms with van der Waals surface area (Å²) in [7, 11) is 0. The number of fused-ring (bicyclic) bond motifs is 1. The molecule has 0 unspecified atom stereocenters. The molecule has 0 aromatic heterocycles. The highest BCUT2D eigenvalue weighted by molar-refractivity contribution is 5.95. The molecule has 3 N–H and O–H groups in total. The van der Waals surface area contributed by atoms with E-state index < -0.39 is 0 Å². The third kappa shape index (κ3) is 4.86. The maximum absolute atomic E-state index is 11.9. The number of benzene rings is 1. The number of carbonyl (C=O) groups is 2. The predicted octanol–water partition coefficient (Wildman–Crippen LogP) is 2.29. The largest absolute Gasteiger partial charge is 0.326 e. The molecule has 1 aliphatic rings. The Bertz CT molecular complexity index is 547. The molecular formula is C16H23N3O2. The van der Waals surface area contributed by atoms with Gasteiger partial charge in [-0.15, -0.1) is 0 Å². The Morgan fingerprint density at radius 1 is 1.29 bits per heavy atom. The van der Waals surface area contributed by atoms with Crippen LogP contribution in [0.2, 0.25) is 0 Å². The standard InChI is InChI=1S/C16H23N3O2/c1-16(2,3)17-9-8-15(21)18-12-5-6-13-11(10-12)4-7-14(20)19-13/h5-6,10,17H,4,7-9H2,1-3H3,(H,18,21)(H,19,20). The predicted molar refractivity (Wildman–Crippen MR) is 84.4 cm³/mol. The van der Waals surface area contributed by atoms with Gasteiger partial charge >= 0.3 is 0 Å². The summed E-state index contributed by atoms with van der Waals surface area (Å²) in [6.45, 7) is 6.87. The van der Waals surface area contributed by atoms with Crippen molar-refractivity contribution in [2.45, 2.75) is 45.6 Å². The van der Waals surface area contributed by atoms with Gasteiger partial charge in [0.1, 0.15) is 0 Å². The topological polar surface area (TPSA) is 70.2 Å². The molecule has 1 aromatic rings. The highest BCUT2D eigenvalue weighted by Crippen LogP contribution is 2.25. The summed E-state index contributed by atoms with van der Waals surface area (Å²) < 4.78 is 0. The molecule has 0 atom stereocenters. The molecule has 0 saturated heterocycles. The van der Waals surface area contributed by atoms with Crippen molar-refractivity contribution in [3.8, 4) is 0 Å². The molecule has 5 heteroatoms. The minimum atomic E-state index is -0.00783. The fourth-order valence-corrected chi connectivity index (χ4v) is 2.24. The molecule has 0 saturated carbocycles. The first-order valence-corrected chi connectivity index (χ1v) is 7.31. The molecule has 2 amide bonds. The zero-order chi connectivity index (χ0) is 15.5. The third-order valence-electron chi connectivity index (χ3n) is 3.29. The van der Waals surface area contributed by atoms with Gasteiger partial charge in [0.2, 0.25) is 11.8 Å². The van der Waals surface area contributed by atoms with Gasteiger partial charge in [-0.05, 0) is 51.0 Å². The van der Waals surface area contributed by atoms with E-state index in [2.05, 4.69) is 36.7 Å². The van der Waals surface area contributed by atoms with Crippen molar-refractivity contribution >= 4 is 23.2 Å². The molecule has 0 spiro atoms. The number of carbonyl (C=O) groups excluding carboxylic acids is 2. The second kappa shape index (κ2) is 6.26. The normalized spacial score (nSPS) is 14.3. The summed E-state index contributed by atoms with van der Waals surface area (Å²) >= 11 is 0. The van der Waals surface area contributed by atoms with E-state index >= 15 is 0 Å². The fourth-order valence-electron chi connectivity index (χ4n) is 2.24. The molecule has 0 aliphatic carbocycles. The lowest BCUT2D eigenvalue weighted by molar-refractivity contribution is -0.117. The van der Waals surface area contributed by atoms with E-state index in [-0.39, 0.29) is 17.4 Å². The average Bonchev–Trinajstić information content (AvgIpc) is 2.37. The highest BCUT2D eigenvalue weighted by atomic mass is 16.2. The van der Waals surface area contributed by atoms with Crippen LogP contribution in [0.3, 0.4) is 0 Å². The average molecular weight is 289 g/mol. The zero-order valence-electron chi connectivity index (χ0n) is 12.9. The van der Waals surface area contributed by atoms with Gasteiger partial charge in [-0.2, -0.15) is 0 Å². The Kier molecular flexibility index (Phi) is 4.63. The first-order chi connectivity index (χ1) is 9.83. The number of hydrogen-bond donors (Lipinski definition) is 3. The van der Waals surface area contributed by atoms with E-state index in [0.717, 1.165) is 23.4 Å². The van der Waals surface area contributed by atoms with Crippen molar-refractivity contribution in [3.05, 3.63) is 23.8 Å². The van der Waals surface area contributed by atoms with Gasteiger partial charge in [0.15, 0.2) is 0 Å². The van der Waals surface area contributed by atoms with Crippen LogP contribution in [0.4, 0.5) is 11.4 Å². The number of hydrogen-bond acceptors (Lipinski definition) is 3. The van der Waals surface area contributed by atoms with Crippen molar-refractivity contribution in [2.75, 3.05) is 17.2 Å². The van der Waals surface area contributed by atoms with E-state index in [1.54, 1.807) is 0 Å². The van der Waals surface area contributed by atoms with Gasteiger partial charge in [-0.3, -0.25) is 9.59 Å². The summed E-state index contributed by atoms with van der Waals surface area (Å²) in [6, 6.07) is 5.60. The fraction of sp³-hybridized carbons (Fsp3) is 0.500. The zero-order valence-corrected chi connectivity index (χ0v) is 12.9. The van der Waals surface area contributed by atoms with Crippen LogP contribution < -0.4 is 16.0 Å². The lowest BCUT2D eigenvalue weighted by Crippen LogP contribution is -2.37. The van der Waals surface area contributed by atoms with E-state index in [4.69, 9.17) is 0 Å². The van der Waals surface area contributed by atoms with E-state index in [1.807, 2.05) is 18.2 Å². The van der Waals surface area contributed by atoms with Gasteiger partial charge in [0.25, 0.3) is 0 Å². The Labute approximate surface area is 125 Å². The number of amides is 2. The van der Waals surface area contributed by atoms with E-state index in [9.17, 15) is 9.59 Å². The number of nitrogens with one attached hydrogen (secondary N) is 3. The minimum Gasteiger partial charge on any atom is -0.326 e. The summed E-state index contributed by atoms with van der Waals surface area (Å²) in [6.07, 6.45) is 1.65. The van der Waals surface area contributed by atoms with Crippen LogP contribution in [-0.4, -0.2) is 23.9 Å². The molecule has 0 radical (unpaired) electrons. The van der Waals surface area contributed by atoms with Gasteiger partial charge in [0, 0.05) is 36.3 Å². The van der Waals surface area contributed by atoms with Crippen molar-refractivity contribution in [2.24, 2.45) is 0 Å². The molecule has 1 aromatic carbocycles. The first kappa shape index (κ1) is 15.5. The second-order valence-electron chi connectivity index (χ2n) is 6.40. The Balaban J connectivity index is 1.88. The third-order valence-corrected chi connectivity index (χ3v) is 3.29. The van der Waals surface area contributed by atoms with Crippen molar-refractivity contribution in [1.29, 1.82) is 0 Å². The number of rotatable bonds is 4. The second-order valence-corrected chi connectivity index (χ2v) is 6.40. The molecule has 5 nitrogen and oxygen atoms in total. The SMILES string of the molecule is CC(C)(C)NCCC(=O)Nc1ccc2c(c1)CCC(=O)N2. The van der Waals surface area contributed by atoms with Crippen molar-refractivity contribution < 1.29 is 9.59 Å². The molecule has 114 valence electrons. The van der Waals surface area contributed by atoms with Crippen LogP contribution in [0.1, 0.15) is 39.2 Å². The quantitative estimate of drug-likeness (QED) is 0.796. The van der Waals surface area contributed by atoms with Gasteiger partial charge in [-0.25, -0.2) is 0 Å². The lowest BCUT2D eigenvalue weighted by Gasteiger charge is -2.20. The molecule has 0 bridgehead atoms. The van der Waals surface area contributed by atoms with Crippen LogP contribution in [-0.2, 0) is 16.0 Å². The van der Waals surface area contributed by atoms with E-state index in [0.29, 0.717) is 19.4 Å². The smallest absolute Gasteiger partial charge is 0.225 e. The van der Waals surface area contributed by atoms with Crippen LogP contribution in [0.5, 0.6) is 0 Å². The van der Waals surface area contributed by atoms with Crippen molar-refractivity contribution in [1.82, 2.24) is 5.32 Å². The summed E-state index contributed by atoms with van der Waals surface area (Å²) in [5, 5.41) is 9.01. The summed E-state index contributed by atoms with van der Waals surface area (Å²) in [5.41, 5.74) is 2.72. The lowest BCUT2D eigenvalue weighted by atomic mass is 10.0. The van der Waals surface area contributed by atoms with Crippen LogP contribution in [0.25, 0.3) is 0 Å².